The number of hydrogen-bond acceptors (Lipinski definition) is 8. The first-order chi connectivity index (χ1) is 15.5. The van der Waals surface area contributed by atoms with Crippen molar-refractivity contribution in [3.05, 3.63) is 46.4 Å². The van der Waals surface area contributed by atoms with Crippen molar-refractivity contribution < 1.29 is 14.3 Å². The molecule has 2 atom stereocenters. The molecule has 0 amide bonds. The average Bonchev–Trinajstić information content (AvgIpc) is 3.26. The van der Waals surface area contributed by atoms with Gasteiger partial charge in [-0.2, -0.15) is 0 Å². The summed E-state index contributed by atoms with van der Waals surface area (Å²) in [5.74, 6) is 1.10. The summed E-state index contributed by atoms with van der Waals surface area (Å²) in [6.45, 7) is 5.41. The van der Waals surface area contributed by atoms with Crippen molar-refractivity contribution in [2.45, 2.75) is 44.8 Å². The normalized spacial score (nSPS) is 21.0. The monoisotopic (exact) mass is 474 g/mol. The van der Waals surface area contributed by atoms with Gasteiger partial charge in [-0.25, -0.2) is 9.97 Å². The number of hydrogen-bond donors (Lipinski definition) is 1. The smallest absolute Gasteiger partial charge is 0.326 e. The highest BCUT2D eigenvalue weighted by atomic mass is 35.5. The minimum absolute atomic E-state index is 0.0533. The molecule has 4 rings (SSSR count). The van der Waals surface area contributed by atoms with E-state index in [1.54, 1.807) is 18.4 Å². The lowest BCUT2D eigenvalue weighted by molar-refractivity contribution is -0.152. The van der Waals surface area contributed by atoms with Gasteiger partial charge in [-0.15, -0.1) is 11.3 Å². The quantitative estimate of drug-likeness (QED) is 0.507. The third kappa shape index (κ3) is 4.53. The molecule has 1 aliphatic rings. The van der Waals surface area contributed by atoms with Crippen molar-refractivity contribution in [2.24, 2.45) is 0 Å². The van der Waals surface area contributed by atoms with Gasteiger partial charge in [0.2, 0.25) is 5.95 Å². The van der Waals surface area contributed by atoms with Crippen molar-refractivity contribution in [1.29, 1.82) is 0 Å². The van der Waals surface area contributed by atoms with Crippen LogP contribution in [0.15, 0.2) is 35.8 Å². The largest absolute Gasteiger partial charge is 0.495 e. The minimum atomic E-state index is -0.786. The number of carbonyl (C=O) groups is 1. The van der Waals surface area contributed by atoms with Crippen LogP contribution in [0.25, 0.3) is 10.2 Å². The van der Waals surface area contributed by atoms with E-state index in [-0.39, 0.29) is 12.0 Å². The predicted octanol–water partition coefficient (Wildman–Crippen LogP) is 4.43. The number of benzene rings is 1. The maximum atomic E-state index is 13.1. The Bertz CT molecular complexity index is 1110. The van der Waals surface area contributed by atoms with Gasteiger partial charge in [-0.3, -0.25) is 10.1 Å². The fourth-order valence-corrected chi connectivity index (χ4v) is 5.22. The first-order valence-electron chi connectivity index (χ1n) is 10.7. The SMILES string of the molecule is CCOC(=O)C1(NCc2ccc(OC)c(Cl)c2)CCN(c2ncc3ccsc3n2)C(C)C1. The number of aromatic nitrogens is 2. The fourth-order valence-electron chi connectivity index (χ4n) is 4.21. The molecule has 2 unspecified atom stereocenters. The van der Waals surface area contributed by atoms with Crippen LogP contribution in [0.3, 0.4) is 0 Å². The maximum Gasteiger partial charge on any atom is 0.326 e. The lowest BCUT2D eigenvalue weighted by Gasteiger charge is -2.44. The highest BCUT2D eigenvalue weighted by Crippen LogP contribution is 2.32. The maximum absolute atomic E-state index is 13.1. The summed E-state index contributed by atoms with van der Waals surface area (Å²) in [7, 11) is 1.59. The number of fused-ring (bicyclic) bond motifs is 1. The average molecular weight is 475 g/mol. The molecule has 1 aromatic carbocycles. The first-order valence-corrected chi connectivity index (χ1v) is 11.9. The van der Waals surface area contributed by atoms with Crippen LogP contribution in [0.5, 0.6) is 5.75 Å². The molecule has 0 aliphatic carbocycles. The van der Waals surface area contributed by atoms with Gasteiger partial charge in [0.05, 0.1) is 18.7 Å². The topological polar surface area (TPSA) is 76.6 Å². The van der Waals surface area contributed by atoms with E-state index in [1.807, 2.05) is 42.8 Å². The van der Waals surface area contributed by atoms with E-state index in [9.17, 15) is 4.79 Å². The Morgan fingerprint density at radius 2 is 2.25 bits per heavy atom. The van der Waals surface area contributed by atoms with Gasteiger partial charge >= 0.3 is 5.97 Å². The Kier molecular flexibility index (Phi) is 6.83. The van der Waals surface area contributed by atoms with Crippen molar-refractivity contribution in [3.63, 3.8) is 0 Å². The van der Waals surface area contributed by atoms with Gasteiger partial charge in [0.1, 0.15) is 16.1 Å². The van der Waals surface area contributed by atoms with Crippen LogP contribution in [-0.2, 0) is 16.1 Å². The lowest BCUT2D eigenvalue weighted by Crippen LogP contribution is -2.61. The number of nitrogens with zero attached hydrogens (tertiary/aromatic N) is 3. The minimum Gasteiger partial charge on any atom is -0.495 e. The molecule has 1 saturated heterocycles. The van der Waals surface area contributed by atoms with Gasteiger partial charge < -0.3 is 14.4 Å². The van der Waals surface area contributed by atoms with Gasteiger partial charge in [0.25, 0.3) is 0 Å². The second kappa shape index (κ2) is 9.60. The van der Waals surface area contributed by atoms with E-state index >= 15 is 0 Å². The summed E-state index contributed by atoms with van der Waals surface area (Å²) in [4.78, 5) is 25.5. The molecule has 1 aliphatic heterocycles. The van der Waals surface area contributed by atoms with E-state index in [0.717, 1.165) is 15.8 Å². The standard InChI is InChI=1S/C23H27ClN4O3S/c1-4-31-21(29)23(26-13-16-5-6-19(30-3)18(24)11-16)8-9-28(15(2)12-23)22-25-14-17-7-10-32-20(17)27-22/h5-7,10-11,14-15,26H,4,8-9,12-13H2,1-3H3. The molecule has 1 fully saturated rings. The molecule has 3 heterocycles. The van der Waals surface area contributed by atoms with E-state index in [1.165, 1.54) is 0 Å². The fraction of sp³-hybridized carbons (Fsp3) is 0.435. The summed E-state index contributed by atoms with van der Waals surface area (Å²) in [5.41, 5.74) is 0.187. The molecule has 1 N–H and O–H groups in total. The highest BCUT2D eigenvalue weighted by molar-refractivity contribution is 7.16. The second-order valence-electron chi connectivity index (χ2n) is 7.97. The number of nitrogens with one attached hydrogen (secondary N) is 1. The van der Waals surface area contributed by atoms with Crippen LogP contribution in [0.1, 0.15) is 32.3 Å². The van der Waals surface area contributed by atoms with Gasteiger partial charge in [-0.05, 0) is 55.8 Å². The zero-order chi connectivity index (χ0) is 22.7. The number of esters is 1. The zero-order valence-corrected chi connectivity index (χ0v) is 20.0. The molecule has 170 valence electrons. The van der Waals surface area contributed by atoms with Gasteiger partial charge in [-0.1, -0.05) is 17.7 Å². The summed E-state index contributed by atoms with van der Waals surface area (Å²) >= 11 is 7.88. The molecule has 0 bridgehead atoms. The summed E-state index contributed by atoms with van der Waals surface area (Å²) < 4.78 is 10.7. The summed E-state index contributed by atoms with van der Waals surface area (Å²) in [6.07, 6.45) is 3.03. The number of anilines is 1. The van der Waals surface area contributed by atoms with Crippen LogP contribution < -0.4 is 15.0 Å². The Morgan fingerprint density at radius 3 is 2.97 bits per heavy atom. The molecule has 0 spiro atoms. The van der Waals surface area contributed by atoms with E-state index in [4.69, 9.17) is 26.1 Å². The van der Waals surface area contributed by atoms with E-state index in [2.05, 4.69) is 22.1 Å². The first kappa shape index (κ1) is 22.8. The molecule has 0 radical (unpaired) electrons. The third-order valence-electron chi connectivity index (χ3n) is 5.92. The third-order valence-corrected chi connectivity index (χ3v) is 7.04. The van der Waals surface area contributed by atoms with E-state index in [0.29, 0.717) is 49.3 Å². The molecule has 3 aromatic rings. The lowest BCUT2D eigenvalue weighted by atomic mass is 9.83. The molecular formula is C23H27ClN4O3S. The van der Waals surface area contributed by atoms with Crippen molar-refractivity contribution >= 4 is 45.1 Å². The van der Waals surface area contributed by atoms with Crippen LogP contribution in [0.4, 0.5) is 5.95 Å². The van der Waals surface area contributed by atoms with Crippen LogP contribution >= 0.6 is 22.9 Å². The van der Waals surface area contributed by atoms with Crippen molar-refractivity contribution in [3.8, 4) is 5.75 Å². The molecule has 2 aromatic heterocycles. The Morgan fingerprint density at radius 1 is 1.41 bits per heavy atom. The number of methoxy groups -OCH3 is 1. The summed E-state index contributed by atoms with van der Waals surface area (Å²) in [6, 6.07) is 7.70. The Hall–Kier alpha value is -2.42. The molecule has 9 heteroatoms. The van der Waals surface area contributed by atoms with Crippen molar-refractivity contribution in [1.82, 2.24) is 15.3 Å². The Labute approximate surface area is 196 Å². The summed E-state index contributed by atoms with van der Waals surface area (Å²) in [5, 5.41) is 7.10. The van der Waals surface area contributed by atoms with Crippen LogP contribution in [-0.4, -0.2) is 47.8 Å². The number of rotatable bonds is 7. The molecule has 0 saturated carbocycles. The van der Waals surface area contributed by atoms with Crippen LogP contribution in [0, 0.1) is 0 Å². The molecule has 32 heavy (non-hydrogen) atoms. The number of piperidine rings is 1. The number of thiophene rings is 1. The van der Waals surface area contributed by atoms with Crippen molar-refractivity contribution in [2.75, 3.05) is 25.2 Å². The van der Waals surface area contributed by atoms with Crippen LogP contribution in [0.2, 0.25) is 5.02 Å². The van der Waals surface area contributed by atoms with Gasteiger partial charge in [0.15, 0.2) is 0 Å². The number of carbonyl (C=O) groups excluding carboxylic acids is 1. The highest BCUT2D eigenvalue weighted by Gasteiger charge is 2.45. The molecular weight excluding hydrogens is 448 g/mol. The van der Waals surface area contributed by atoms with E-state index < -0.39 is 5.54 Å². The Balaban J connectivity index is 1.52. The number of ether oxygens (including phenoxy) is 2. The zero-order valence-electron chi connectivity index (χ0n) is 18.4. The predicted molar refractivity (Wildman–Crippen MR) is 128 cm³/mol. The number of halogens is 1. The second-order valence-corrected chi connectivity index (χ2v) is 9.27. The van der Waals surface area contributed by atoms with Gasteiger partial charge in [0, 0.05) is 30.7 Å². The molecule has 7 nitrogen and oxygen atoms in total.